The minimum atomic E-state index is -3.81. The standard InChI is InChI=1S/C21H19NO3S/c1-14-6-9-16(10-7-14)26(23,24)25-13-21-18-5-3-2-4-17(18)19-11-8-15(22)12-20(19)21/h2-12,21H,13,22H2,1H3. The summed E-state index contributed by atoms with van der Waals surface area (Å²) in [6, 6.07) is 20.4. The fraction of sp³-hybridized carbons (Fsp3) is 0.143. The van der Waals surface area contributed by atoms with Crippen molar-refractivity contribution in [1.82, 2.24) is 0 Å². The summed E-state index contributed by atoms with van der Waals surface area (Å²) in [5.74, 6) is -0.162. The van der Waals surface area contributed by atoms with Gasteiger partial charge < -0.3 is 5.73 Å². The molecule has 1 atom stereocenters. The number of nitrogen functional groups attached to an aromatic ring is 1. The Morgan fingerprint density at radius 3 is 2.38 bits per heavy atom. The first-order chi connectivity index (χ1) is 12.5. The van der Waals surface area contributed by atoms with E-state index in [1.54, 1.807) is 24.3 Å². The topological polar surface area (TPSA) is 69.4 Å². The maximum Gasteiger partial charge on any atom is 0.297 e. The molecule has 3 aromatic carbocycles. The fourth-order valence-corrected chi connectivity index (χ4v) is 4.36. The number of hydrogen-bond acceptors (Lipinski definition) is 4. The SMILES string of the molecule is Cc1ccc(S(=O)(=O)OCC2c3ccccc3-c3ccc(N)cc32)cc1. The van der Waals surface area contributed by atoms with Crippen LogP contribution in [0.1, 0.15) is 22.6 Å². The Hall–Kier alpha value is -2.63. The minimum Gasteiger partial charge on any atom is -0.399 e. The second-order valence-electron chi connectivity index (χ2n) is 6.54. The van der Waals surface area contributed by atoms with Gasteiger partial charge in [0.15, 0.2) is 0 Å². The Labute approximate surface area is 153 Å². The Bertz CT molecular complexity index is 1070. The predicted molar refractivity (Wildman–Crippen MR) is 102 cm³/mol. The number of fused-ring (bicyclic) bond motifs is 3. The van der Waals surface area contributed by atoms with E-state index in [1.807, 2.05) is 49.4 Å². The second kappa shape index (κ2) is 6.27. The zero-order valence-electron chi connectivity index (χ0n) is 14.3. The Balaban J connectivity index is 1.66. The van der Waals surface area contributed by atoms with E-state index in [0.717, 1.165) is 27.8 Å². The summed E-state index contributed by atoms with van der Waals surface area (Å²) < 4.78 is 30.5. The van der Waals surface area contributed by atoms with Crippen LogP contribution in [0.3, 0.4) is 0 Å². The van der Waals surface area contributed by atoms with Crippen molar-refractivity contribution in [3.8, 4) is 11.1 Å². The molecule has 26 heavy (non-hydrogen) atoms. The summed E-state index contributed by atoms with van der Waals surface area (Å²) in [7, 11) is -3.81. The highest BCUT2D eigenvalue weighted by atomic mass is 32.2. The van der Waals surface area contributed by atoms with E-state index < -0.39 is 10.1 Å². The molecule has 0 spiro atoms. The number of anilines is 1. The van der Waals surface area contributed by atoms with Crippen LogP contribution >= 0.6 is 0 Å². The van der Waals surface area contributed by atoms with Gasteiger partial charge in [0.05, 0.1) is 11.5 Å². The zero-order chi connectivity index (χ0) is 18.3. The van der Waals surface area contributed by atoms with Crippen LogP contribution in [-0.4, -0.2) is 15.0 Å². The van der Waals surface area contributed by atoms with Gasteiger partial charge in [0.25, 0.3) is 10.1 Å². The van der Waals surface area contributed by atoms with Gasteiger partial charge in [-0.1, -0.05) is 48.0 Å². The zero-order valence-corrected chi connectivity index (χ0v) is 15.2. The molecule has 1 aliphatic rings. The third-order valence-electron chi connectivity index (χ3n) is 4.78. The predicted octanol–water partition coefficient (Wildman–Crippen LogP) is 4.10. The van der Waals surface area contributed by atoms with Crippen molar-refractivity contribution in [2.75, 3.05) is 12.3 Å². The average Bonchev–Trinajstić information content (AvgIpc) is 2.93. The van der Waals surface area contributed by atoms with Crippen molar-refractivity contribution in [3.05, 3.63) is 83.4 Å². The number of aryl methyl sites for hydroxylation is 1. The lowest BCUT2D eigenvalue weighted by molar-refractivity contribution is 0.307. The third-order valence-corrected chi connectivity index (χ3v) is 6.07. The smallest absolute Gasteiger partial charge is 0.297 e. The summed E-state index contributed by atoms with van der Waals surface area (Å²) in [6.45, 7) is 1.96. The van der Waals surface area contributed by atoms with E-state index in [9.17, 15) is 8.42 Å². The maximum absolute atomic E-state index is 12.5. The molecule has 0 heterocycles. The van der Waals surface area contributed by atoms with Crippen LogP contribution in [0.2, 0.25) is 0 Å². The molecule has 0 saturated heterocycles. The van der Waals surface area contributed by atoms with Crippen molar-refractivity contribution in [3.63, 3.8) is 0 Å². The number of benzene rings is 3. The van der Waals surface area contributed by atoms with Crippen LogP contribution < -0.4 is 5.73 Å². The van der Waals surface area contributed by atoms with Gasteiger partial charge in [-0.05, 0) is 53.4 Å². The van der Waals surface area contributed by atoms with Gasteiger partial charge in [-0.2, -0.15) is 8.42 Å². The largest absolute Gasteiger partial charge is 0.399 e. The molecular weight excluding hydrogens is 346 g/mol. The van der Waals surface area contributed by atoms with E-state index in [2.05, 4.69) is 0 Å². The van der Waals surface area contributed by atoms with Crippen molar-refractivity contribution < 1.29 is 12.6 Å². The van der Waals surface area contributed by atoms with Gasteiger partial charge in [0.2, 0.25) is 0 Å². The first kappa shape index (κ1) is 16.8. The first-order valence-corrected chi connectivity index (χ1v) is 9.81. The monoisotopic (exact) mass is 365 g/mol. The Morgan fingerprint density at radius 1 is 0.923 bits per heavy atom. The van der Waals surface area contributed by atoms with Crippen molar-refractivity contribution in [2.45, 2.75) is 17.7 Å². The molecule has 1 aliphatic carbocycles. The molecule has 2 N–H and O–H groups in total. The quantitative estimate of drug-likeness (QED) is 0.558. The lowest BCUT2D eigenvalue weighted by atomic mass is 9.98. The van der Waals surface area contributed by atoms with Gasteiger partial charge >= 0.3 is 0 Å². The molecule has 5 heteroatoms. The second-order valence-corrected chi connectivity index (χ2v) is 8.15. The molecule has 0 saturated carbocycles. The molecule has 0 amide bonds. The van der Waals surface area contributed by atoms with Gasteiger partial charge in [-0.15, -0.1) is 0 Å². The normalized spacial score (nSPS) is 15.5. The molecule has 0 aromatic heterocycles. The highest BCUT2D eigenvalue weighted by Crippen LogP contribution is 2.45. The summed E-state index contributed by atoms with van der Waals surface area (Å²) in [4.78, 5) is 0.169. The lowest BCUT2D eigenvalue weighted by Crippen LogP contribution is -2.13. The first-order valence-electron chi connectivity index (χ1n) is 8.40. The number of rotatable bonds is 4. The summed E-state index contributed by atoms with van der Waals surface area (Å²) in [5.41, 5.74) is 11.9. The molecule has 0 fully saturated rings. The van der Waals surface area contributed by atoms with Crippen molar-refractivity contribution >= 4 is 15.8 Å². The molecule has 3 aromatic rings. The highest BCUT2D eigenvalue weighted by molar-refractivity contribution is 7.86. The van der Waals surface area contributed by atoms with E-state index in [1.165, 1.54) is 0 Å². The fourth-order valence-electron chi connectivity index (χ4n) is 3.44. The van der Waals surface area contributed by atoms with Crippen LogP contribution in [0.15, 0.2) is 71.6 Å². The highest BCUT2D eigenvalue weighted by Gasteiger charge is 2.30. The molecule has 0 radical (unpaired) electrons. The van der Waals surface area contributed by atoms with Gasteiger partial charge in [0, 0.05) is 11.6 Å². The minimum absolute atomic E-state index is 0.0453. The summed E-state index contributed by atoms with van der Waals surface area (Å²) >= 11 is 0. The van der Waals surface area contributed by atoms with Gasteiger partial charge in [-0.25, -0.2) is 0 Å². The van der Waals surface area contributed by atoms with Gasteiger partial charge in [-0.3, -0.25) is 4.18 Å². The lowest BCUT2D eigenvalue weighted by Gasteiger charge is -2.14. The molecule has 0 bridgehead atoms. The summed E-state index contributed by atoms with van der Waals surface area (Å²) in [5, 5.41) is 0. The molecule has 4 rings (SSSR count). The molecule has 4 nitrogen and oxygen atoms in total. The molecular formula is C21H19NO3S. The maximum atomic E-state index is 12.5. The number of nitrogens with two attached hydrogens (primary N) is 1. The van der Waals surface area contributed by atoms with Crippen LogP contribution in [-0.2, 0) is 14.3 Å². The Kier molecular flexibility index (Phi) is 4.05. The molecule has 0 aliphatic heterocycles. The third kappa shape index (κ3) is 2.89. The molecule has 1 unspecified atom stereocenters. The van der Waals surface area contributed by atoms with E-state index in [0.29, 0.717) is 5.69 Å². The Morgan fingerprint density at radius 2 is 1.62 bits per heavy atom. The van der Waals surface area contributed by atoms with E-state index in [-0.39, 0.29) is 17.4 Å². The van der Waals surface area contributed by atoms with E-state index in [4.69, 9.17) is 9.92 Å². The summed E-state index contributed by atoms with van der Waals surface area (Å²) in [6.07, 6.45) is 0. The van der Waals surface area contributed by atoms with Crippen LogP contribution in [0.25, 0.3) is 11.1 Å². The van der Waals surface area contributed by atoms with Crippen LogP contribution in [0.5, 0.6) is 0 Å². The van der Waals surface area contributed by atoms with Crippen molar-refractivity contribution in [1.29, 1.82) is 0 Å². The van der Waals surface area contributed by atoms with Crippen LogP contribution in [0.4, 0.5) is 5.69 Å². The number of hydrogen-bond donors (Lipinski definition) is 1. The van der Waals surface area contributed by atoms with Crippen molar-refractivity contribution in [2.24, 2.45) is 0 Å². The van der Waals surface area contributed by atoms with E-state index >= 15 is 0 Å². The van der Waals surface area contributed by atoms with Crippen LogP contribution in [0, 0.1) is 6.92 Å². The van der Waals surface area contributed by atoms with Gasteiger partial charge in [0.1, 0.15) is 0 Å². The average molecular weight is 365 g/mol. The molecule has 132 valence electrons.